The van der Waals surface area contributed by atoms with Crippen molar-refractivity contribution < 1.29 is 22.6 Å². The zero-order valence-electron chi connectivity index (χ0n) is 15.1. The average molecular weight is 400 g/mol. The second-order valence-electron chi connectivity index (χ2n) is 6.48. The van der Waals surface area contributed by atoms with Crippen molar-refractivity contribution in [2.45, 2.75) is 13.1 Å². The molecule has 0 aliphatic heterocycles. The van der Waals surface area contributed by atoms with Crippen LogP contribution in [0.5, 0.6) is 11.6 Å². The van der Waals surface area contributed by atoms with Gasteiger partial charge in [0.1, 0.15) is 11.4 Å². The van der Waals surface area contributed by atoms with Gasteiger partial charge in [0.15, 0.2) is 0 Å². The second-order valence-corrected chi connectivity index (χ2v) is 6.48. The van der Waals surface area contributed by atoms with Crippen LogP contribution in [0.15, 0.2) is 54.9 Å². The van der Waals surface area contributed by atoms with Crippen LogP contribution in [-0.4, -0.2) is 9.97 Å². The number of nitrogens with one attached hydrogen (secondary N) is 1. The van der Waals surface area contributed by atoms with Crippen LogP contribution >= 0.6 is 0 Å². The Balaban J connectivity index is 1.85. The summed E-state index contributed by atoms with van der Waals surface area (Å²) < 4.78 is 45.5. The van der Waals surface area contributed by atoms with Gasteiger partial charge in [0, 0.05) is 11.1 Å². The molecule has 3 heterocycles. The molecule has 6 nitrogen and oxygen atoms in total. The number of alkyl halides is 3. The Morgan fingerprint density at radius 1 is 1.14 bits per heavy atom. The van der Waals surface area contributed by atoms with Gasteiger partial charge in [0.2, 0.25) is 5.88 Å². The van der Waals surface area contributed by atoms with Crippen LogP contribution < -0.4 is 15.2 Å². The largest absolute Gasteiger partial charge is 0.710 e. The number of anilines is 1. The zero-order valence-corrected chi connectivity index (χ0v) is 15.1. The van der Waals surface area contributed by atoms with Crippen molar-refractivity contribution in [1.82, 2.24) is 9.97 Å². The van der Waals surface area contributed by atoms with Crippen molar-refractivity contribution in [3.63, 3.8) is 0 Å². The third-order valence-corrected chi connectivity index (χ3v) is 4.43. The van der Waals surface area contributed by atoms with Gasteiger partial charge in [0.05, 0.1) is 29.0 Å². The van der Waals surface area contributed by atoms with E-state index in [2.05, 4.69) is 9.97 Å². The smallest absolute Gasteiger partial charge is 0.416 e. The first-order valence-corrected chi connectivity index (χ1v) is 8.55. The normalized spacial score (nSPS) is 11.7. The van der Waals surface area contributed by atoms with E-state index in [-0.39, 0.29) is 11.6 Å². The summed E-state index contributed by atoms with van der Waals surface area (Å²) in [6, 6.07) is 9.49. The standard InChI is InChI=1S/C20H15F3N4O2/c1-11-7-16(15-5-6-25-18(15)27(11)28)17-9-13(24)10-26-19(17)29-14-4-2-3-12(8-14)20(21,22)23/h2-10,25H,24H2,1H3. The maximum absolute atomic E-state index is 13.0. The molecule has 0 aliphatic carbocycles. The number of halogens is 3. The predicted octanol–water partition coefficient (Wildman–Crippen LogP) is 4.57. The maximum atomic E-state index is 13.0. The summed E-state index contributed by atoms with van der Waals surface area (Å²) in [6.45, 7) is 1.64. The highest BCUT2D eigenvalue weighted by Crippen LogP contribution is 2.38. The molecule has 148 valence electrons. The Hall–Kier alpha value is -3.75. The summed E-state index contributed by atoms with van der Waals surface area (Å²) in [5.74, 6) is 0.0549. The number of fused-ring (bicyclic) bond motifs is 1. The number of H-pyrrole nitrogens is 1. The third kappa shape index (κ3) is 3.42. The number of nitrogens with two attached hydrogens (primary N) is 1. The summed E-state index contributed by atoms with van der Waals surface area (Å²) in [6.07, 6.45) is -1.52. The van der Waals surface area contributed by atoms with Crippen molar-refractivity contribution in [3.05, 3.63) is 71.3 Å². The van der Waals surface area contributed by atoms with Crippen LogP contribution in [-0.2, 0) is 6.18 Å². The fourth-order valence-corrected chi connectivity index (χ4v) is 3.08. The topological polar surface area (TPSA) is 90.9 Å². The van der Waals surface area contributed by atoms with E-state index in [1.807, 2.05) is 0 Å². The molecular formula is C20H15F3N4O2. The number of aromatic amines is 1. The number of nitrogen functional groups attached to an aromatic ring is 1. The number of ether oxygens (including phenoxy) is 1. The van der Waals surface area contributed by atoms with Crippen molar-refractivity contribution in [2.24, 2.45) is 0 Å². The molecule has 29 heavy (non-hydrogen) atoms. The van der Waals surface area contributed by atoms with Gasteiger partial charge in [-0.1, -0.05) is 6.07 Å². The van der Waals surface area contributed by atoms with Crippen LogP contribution in [0, 0.1) is 12.1 Å². The maximum Gasteiger partial charge on any atom is 0.416 e. The van der Waals surface area contributed by atoms with Crippen LogP contribution in [0.1, 0.15) is 11.3 Å². The summed E-state index contributed by atoms with van der Waals surface area (Å²) in [7, 11) is 0. The first-order valence-electron chi connectivity index (χ1n) is 8.55. The molecule has 0 atom stereocenters. The zero-order chi connectivity index (χ0) is 20.8. The Labute approximate surface area is 163 Å². The molecule has 0 radical (unpaired) electrons. The number of aryl methyl sites for hydroxylation is 1. The number of aromatic nitrogens is 3. The van der Waals surface area contributed by atoms with Crippen LogP contribution in [0.4, 0.5) is 18.9 Å². The van der Waals surface area contributed by atoms with Gasteiger partial charge in [-0.05, 0) is 43.3 Å². The second kappa shape index (κ2) is 6.69. The van der Waals surface area contributed by atoms with Gasteiger partial charge in [0.25, 0.3) is 5.65 Å². The van der Waals surface area contributed by atoms with Gasteiger partial charge in [-0.15, -0.1) is 0 Å². The summed E-state index contributed by atoms with van der Waals surface area (Å²) in [5.41, 5.74) is 7.23. The Kier molecular flexibility index (Phi) is 4.30. The molecule has 1 aromatic carbocycles. The minimum absolute atomic E-state index is 0.0183. The lowest BCUT2D eigenvalue weighted by atomic mass is 10.0. The molecule has 0 unspecified atom stereocenters. The molecule has 4 rings (SSSR count). The van der Waals surface area contributed by atoms with E-state index in [0.29, 0.717) is 33.5 Å². The number of nitrogens with zero attached hydrogens (tertiary/aromatic N) is 2. The van der Waals surface area contributed by atoms with E-state index in [0.717, 1.165) is 16.9 Å². The fourth-order valence-electron chi connectivity index (χ4n) is 3.08. The number of rotatable bonds is 3. The molecule has 0 bridgehead atoms. The monoisotopic (exact) mass is 400 g/mol. The average Bonchev–Trinajstić information content (AvgIpc) is 3.16. The molecule has 0 fully saturated rings. The lowest BCUT2D eigenvalue weighted by molar-refractivity contribution is -0.586. The number of hydrogen-bond acceptors (Lipinski definition) is 4. The molecule has 3 N–H and O–H groups in total. The molecule has 0 saturated carbocycles. The van der Waals surface area contributed by atoms with Gasteiger partial charge in [-0.3, -0.25) is 0 Å². The molecule has 9 heteroatoms. The Morgan fingerprint density at radius 2 is 1.93 bits per heavy atom. The molecule has 3 aromatic heterocycles. The van der Waals surface area contributed by atoms with Crippen LogP contribution in [0.3, 0.4) is 0 Å². The van der Waals surface area contributed by atoms with Crippen molar-refractivity contribution in [3.8, 4) is 22.8 Å². The van der Waals surface area contributed by atoms with E-state index >= 15 is 0 Å². The first kappa shape index (κ1) is 18.6. The van der Waals surface area contributed by atoms with Gasteiger partial charge in [-0.2, -0.15) is 13.2 Å². The van der Waals surface area contributed by atoms with Crippen molar-refractivity contribution in [1.29, 1.82) is 0 Å². The Morgan fingerprint density at radius 3 is 2.69 bits per heavy atom. The number of hydrogen-bond donors (Lipinski definition) is 2. The molecule has 0 saturated heterocycles. The molecule has 0 amide bonds. The van der Waals surface area contributed by atoms with Gasteiger partial charge < -0.3 is 15.7 Å². The Bertz CT molecular complexity index is 1220. The minimum Gasteiger partial charge on any atom is -0.710 e. The highest BCUT2D eigenvalue weighted by Gasteiger charge is 2.30. The number of pyridine rings is 2. The lowest BCUT2D eigenvalue weighted by Gasteiger charge is -2.15. The molecule has 4 aromatic rings. The van der Waals surface area contributed by atoms with Crippen LogP contribution in [0.2, 0.25) is 0 Å². The van der Waals surface area contributed by atoms with E-state index in [1.165, 1.54) is 18.3 Å². The van der Waals surface area contributed by atoms with Crippen LogP contribution in [0.25, 0.3) is 22.2 Å². The van der Waals surface area contributed by atoms with E-state index < -0.39 is 11.7 Å². The van der Waals surface area contributed by atoms with Gasteiger partial charge >= 0.3 is 6.18 Å². The third-order valence-electron chi connectivity index (χ3n) is 4.43. The van der Waals surface area contributed by atoms with E-state index in [1.54, 1.807) is 31.3 Å². The van der Waals surface area contributed by atoms with E-state index in [9.17, 15) is 18.4 Å². The van der Waals surface area contributed by atoms with Gasteiger partial charge in [-0.25, -0.2) is 14.7 Å². The first-order chi connectivity index (χ1) is 13.7. The summed E-state index contributed by atoms with van der Waals surface area (Å²) in [5, 5.41) is 12.9. The predicted molar refractivity (Wildman–Crippen MR) is 101 cm³/mol. The SMILES string of the molecule is Cc1cc(-c2cc(N)cnc2Oc2cccc(C(F)(F)F)c2)c2cc[nH]c2[n+]1[O-]. The highest BCUT2D eigenvalue weighted by atomic mass is 19.4. The highest BCUT2D eigenvalue weighted by molar-refractivity contribution is 5.93. The number of benzene rings is 1. The fraction of sp³-hybridized carbons (Fsp3) is 0.100. The molecular weight excluding hydrogens is 385 g/mol. The van der Waals surface area contributed by atoms with Crippen molar-refractivity contribution in [2.75, 3.05) is 5.73 Å². The molecule has 0 spiro atoms. The summed E-state index contributed by atoms with van der Waals surface area (Å²) >= 11 is 0. The summed E-state index contributed by atoms with van der Waals surface area (Å²) in [4.78, 5) is 7.04. The quantitative estimate of drug-likeness (QED) is 0.389. The molecule has 0 aliphatic rings. The van der Waals surface area contributed by atoms with Crippen molar-refractivity contribution >= 4 is 16.7 Å². The lowest BCUT2D eigenvalue weighted by Crippen LogP contribution is -2.31. The minimum atomic E-state index is -4.49. The van der Waals surface area contributed by atoms with E-state index in [4.69, 9.17) is 10.5 Å².